The van der Waals surface area contributed by atoms with Gasteiger partial charge in [0.1, 0.15) is 0 Å². The highest BCUT2D eigenvalue weighted by atomic mass is 16.5. The van der Waals surface area contributed by atoms with Gasteiger partial charge in [0, 0.05) is 12.6 Å². The average Bonchev–Trinajstić information content (AvgIpc) is 2.46. The van der Waals surface area contributed by atoms with Crippen LogP contribution in [0.3, 0.4) is 0 Å². The van der Waals surface area contributed by atoms with Gasteiger partial charge >= 0.3 is 0 Å². The zero-order valence-corrected chi connectivity index (χ0v) is 11.9. The lowest BCUT2D eigenvalue weighted by molar-refractivity contribution is -0.142. The molecular formula is C15H26N2O2. The molecule has 2 heterocycles. The van der Waals surface area contributed by atoms with E-state index in [9.17, 15) is 4.79 Å². The minimum absolute atomic E-state index is 0.0555. The van der Waals surface area contributed by atoms with Gasteiger partial charge in [0.25, 0.3) is 0 Å². The predicted octanol–water partition coefficient (Wildman–Crippen LogP) is 1.54. The Balaban J connectivity index is 1.60. The van der Waals surface area contributed by atoms with Crippen LogP contribution in [0, 0.1) is 5.92 Å². The SMILES string of the molecule is C[C@@H]1COCCN1C(=O)C1CCC2CCCCC2N1. The van der Waals surface area contributed by atoms with E-state index < -0.39 is 0 Å². The molecule has 3 fully saturated rings. The van der Waals surface area contributed by atoms with E-state index in [-0.39, 0.29) is 12.1 Å². The van der Waals surface area contributed by atoms with E-state index in [1.807, 2.05) is 4.90 Å². The maximum Gasteiger partial charge on any atom is 0.240 e. The van der Waals surface area contributed by atoms with E-state index in [1.54, 1.807) is 0 Å². The fourth-order valence-electron chi connectivity index (χ4n) is 3.94. The molecule has 0 bridgehead atoms. The smallest absolute Gasteiger partial charge is 0.240 e. The first kappa shape index (κ1) is 13.4. The standard InChI is InChI=1S/C15H26N2O2/c1-11-10-19-9-8-17(11)15(18)14-7-6-12-4-2-3-5-13(12)16-14/h11-14,16H,2-10H2,1H3/t11-,12?,13?,14?/m1/s1. The molecule has 1 saturated carbocycles. The van der Waals surface area contributed by atoms with Crippen molar-refractivity contribution in [2.75, 3.05) is 19.8 Å². The van der Waals surface area contributed by atoms with Crippen molar-refractivity contribution in [3.63, 3.8) is 0 Å². The summed E-state index contributed by atoms with van der Waals surface area (Å²) in [7, 11) is 0. The first-order chi connectivity index (χ1) is 9.25. The van der Waals surface area contributed by atoms with Crippen LogP contribution >= 0.6 is 0 Å². The van der Waals surface area contributed by atoms with Crippen molar-refractivity contribution in [2.24, 2.45) is 5.92 Å². The molecule has 2 aliphatic heterocycles. The Bertz CT molecular complexity index is 334. The van der Waals surface area contributed by atoms with Crippen molar-refractivity contribution < 1.29 is 9.53 Å². The Morgan fingerprint density at radius 1 is 1.21 bits per heavy atom. The number of nitrogens with one attached hydrogen (secondary N) is 1. The summed E-state index contributed by atoms with van der Waals surface area (Å²) in [6.45, 7) is 4.22. The van der Waals surface area contributed by atoms with Crippen LogP contribution < -0.4 is 5.32 Å². The van der Waals surface area contributed by atoms with Gasteiger partial charge in [-0.3, -0.25) is 4.79 Å². The molecule has 0 spiro atoms. The van der Waals surface area contributed by atoms with Gasteiger partial charge in [-0.1, -0.05) is 12.8 Å². The van der Waals surface area contributed by atoms with Crippen LogP contribution in [0.4, 0.5) is 0 Å². The average molecular weight is 266 g/mol. The predicted molar refractivity (Wildman–Crippen MR) is 73.9 cm³/mol. The largest absolute Gasteiger partial charge is 0.377 e. The summed E-state index contributed by atoms with van der Waals surface area (Å²) in [5.74, 6) is 1.12. The zero-order valence-electron chi connectivity index (χ0n) is 11.9. The normalized spacial score (nSPS) is 39.7. The molecule has 19 heavy (non-hydrogen) atoms. The lowest BCUT2D eigenvalue weighted by atomic mass is 9.77. The molecule has 1 N–H and O–H groups in total. The van der Waals surface area contributed by atoms with Crippen LogP contribution in [0.25, 0.3) is 0 Å². The topological polar surface area (TPSA) is 41.6 Å². The molecule has 1 aliphatic carbocycles. The van der Waals surface area contributed by atoms with Crippen LogP contribution in [0.15, 0.2) is 0 Å². The fourth-order valence-corrected chi connectivity index (χ4v) is 3.94. The third-order valence-electron chi connectivity index (χ3n) is 5.10. The molecule has 2 saturated heterocycles. The van der Waals surface area contributed by atoms with E-state index in [4.69, 9.17) is 4.74 Å². The Kier molecular flexibility index (Phi) is 4.08. The molecule has 4 atom stereocenters. The first-order valence-corrected chi connectivity index (χ1v) is 7.90. The lowest BCUT2D eigenvalue weighted by Crippen LogP contribution is -2.59. The van der Waals surface area contributed by atoms with Gasteiger partial charge < -0.3 is 15.0 Å². The molecule has 0 radical (unpaired) electrons. The second-order valence-corrected chi connectivity index (χ2v) is 6.40. The zero-order chi connectivity index (χ0) is 13.2. The van der Waals surface area contributed by atoms with Crippen LogP contribution in [-0.4, -0.2) is 48.7 Å². The van der Waals surface area contributed by atoms with Crippen molar-refractivity contribution in [3.8, 4) is 0 Å². The summed E-state index contributed by atoms with van der Waals surface area (Å²) in [6.07, 6.45) is 7.56. The molecule has 3 rings (SSSR count). The fraction of sp³-hybridized carbons (Fsp3) is 0.933. The summed E-state index contributed by atoms with van der Waals surface area (Å²) in [5, 5.41) is 3.64. The number of piperidine rings is 1. The van der Waals surface area contributed by atoms with Crippen LogP contribution in [0.1, 0.15) is 45.4 Å². The van der Waals surface area contributed by atoms with Gasteiger partial charge in [-0.2, -0.15) is 0 Å². The number of fused-ring (bicyclic) bond motifs is 1. The van der Waals surface area contributed by atoms with E-state index in [0.29, 0.717) is 25.2 Å². The van der Waals surface area contributed by atoms with Crippen LogP contribution in [0.5, 0.6) is 0 Å². The molecule has 4 nitrogen and oxygen atoms in total. The molecule has 0 aromatic carbocycles. The number of nitrogens with zero attached hydrogens (tertiary/aromatic N) is 1. The Labute approximate surface area is 115 Å². The molecule has 4 heteroatoms. The number of carbonyl (C=O) groups is 1. The first-order valence-electron chi connectivity index (χ1n) is 7.90. The summed E-state index contributed by atoms with van der Waals surface area (Å²) in [6, 6.07) is 0.875. The number of carbonyl (C=O) groups excluding carboxylic acids is 1. The number of amides is 1. The van der Waals surface area contributed by atoms with Gasteiger partial charge in [-0.15, -0.1) is 0 Å². The summed E-state index contributed by atoms with van der Waals surface area (Å²) < 4.78 is 5.42. The van der Waals surface area contributed by atoms with Gasteiger partial charge in [-0.05, 0) is 38.5 Å². The Morgan fingerprint density at radius 2 is 2.05 bits per heavy atom. The summed E-state index contributed by atoms with van der Waals surface area (Å²) in [4.78, 5) is 14.7. The minimum atomic E-state index is 0.0555. The minimum Gasteiger partial charge on any atom is -0.377 e. The van der Waals surface area contributed by atoms with Crippen molar-refractivity contribution in [1.82, 2.24) is 10.2 Å². The molecular weight excluding hydrogens is 240 g/mol. The molecule has 3 unspecified atom stereocenters. The van der Waals surface area contributed by atoms with E-state index >= 15 is 0 Å². The number of rotatable bonds is 1. The van der Waals surface area contributed by atoms with Crippen molar-refractivity contribution >= 4 is 5.91 Å². The van der Waals surface area contributed by atoms with E-state index in [2.05, 4.69) is 12.2 Å². The van der Waals surface area contributed by atoms with Crippen molar-refractivity contribution in [3.05, 3.63) is 0 Å². The highest BCUT2D eigenvalue weighted by Crippen LogP contribution is 2.32. The maximum atomic E-state index is 12.6. The van der Waals surface area contributed by atoms with Crippen LogP contribution in [-0.2, 0) is 9.53 Å². The summed E-state index contributed by atoms with van der Waals surface area (Å²) >= 11 is 0. The molecule has 0 aromatic rings. The lowest BCUT2D eigenvalue weighted by Gasteiger charge is -2.43. The van der Waals surface area contributed by atoms with E-state index in [0.717, 1.165) is 18.9 Å². The van der Waals surface area contributed by atoms with Gasteiger partial charge in [0.05, 0.1) is 25.3 Å². The highest BCUT2D eigenvalue weighted by molar-refractivity contribution is 5.82. The maximum absolute atomic E-state index is 12.6. The van der Waals surface area contributed by atoms with Gasteiger partial charge in [-0.25, -0.2) is 0 Å². The van der Waals surface area contributed by atoms with Crippen LogP contribution in [0.2, 0.25) is 0 Å². The number of hydrogen-bond donors (Lipinski definition) is 1. The van der Waals surface area contributed by atoms with Gasteiger partial charge in [0.2, 0.25) is 5.91 Å². The number of ether oxygens (including phenoxy) is 1. The third kappa shape index (κ3) is 2.79. The molecule has 108 valence electrons. The number of hydrogen-bond acceptors (Lipinski definition) is 3. The Hall–Kier alpha value is -0.610. The third-order valence-corrected chi connectivity index (χ3v) is 5.10. The molecule has 0 aromatic heterocycles. The highest BCUT2D eigenvalue weighted by Gasteiger charge is 2.37. The summed E-state index contributed by atoms with van der Waals surface area (Å²) in [5.41, 5.74) is 0. The molecule has 3 aliphatic rings. The number of morpholine rings is 1. The Morgan fingerprint density at radius 3 is 2.89 bits per heavy atom. The second-order valence-electron chi connectivity index (χ2n) is 6.40. The van der Waals surface area contributed by atoms with Crippen molar-refractivity contribution in [2.45, 2.75) is 63.6 Å². The van der Waals surface area contributed by atoms with Crippen molar-refractivity contribution in [1.29, 1.82) is 0 Å². The van der Waals surface area contributed by atoms with Gasteiger partial charge in [0.15, 0.2) is 0 Å². The monoisotopic (exact) mass is 266 g/mol. The molecule has 1 amide bonds. The second kappa shape index (κ2) is 5.80. The quantitative estimate of drug-likeness (QED) is 0.783. The van der Waals surface area contributed by atoms with E-state index in [1.165, 1.54) is 32.1 Å².